The number of nitrogens with one attached hydrogen (secondary N) is 2. The molecule has 1 aromatic rings. The summed E-state index contributed by atoms with van der Waals surface area (Å²) in [5, 5.41) is 15.9. The van der Waals surface area contributed by atoms with Crippen molar-refractivity contribution in [3.63, 3.8) is 0 Å². The molecule has 100 valence electrons. The highest BCUT2D eigenvalue weighted by Gasteiger charge is 2.16. The standard InChI is InChI=1S/C15H24N2O/c18-11-5-1-4-9-17-15-8-10-16-12-13-6-2-3-7-14(13)15/h2-3,6-7,15-18H,1,4-5,8-12H2. The average molecular weight is 248 g/mol. The zero-order valence-corrected chi connectivity index (χ0v) is 11.0. The molecule has 0 radical (unpaired) electrons. The van der Waals surface area contributed by atoms with Gasteiger partial charge in [0.25, 0.3) is 0 Å². The van der Waals surface area contributed by atoms with Crippen molar-refractivity contribution in [3.8, 4) is 0 Å². The molecular formula is C15H24N2O. The van der Waals surface area contributed by atoms with Crippen LogP contribution in [0.5, 0.6) is 0 Å². The quantitative estimate of drug-likeness (QED) is 0.674. The van der Waals surface area contributed by atoms with Crippen LogP contribution in [0.15, 0.2) is 24.3 Å². The van der Waals surface area contributed by atoms with Crippen LogP contribution >= 0.6 is 0 Å². The van der Waals surface area contributed by atoms with Crippen LogP contribution in [-0.2, 0) is 6.54 Å². The molecule has 1 aliphatic rings. The largest absolute Gasteiger partial charge is 0.396 e. The Bertz CT molecular complexity index is 354. The van der Waals surface area contributed by atoms with E-state index in [1.807, 2.05) is 0 Å². The number of aliphatic hydroxyl groups is 1. The summed E-state index contributed by atoms with van der Waals surface area (Å²) < 4.78 is 0. The molecule has 18 heavy (non-hydrogen) atoms. The highest BCUT2D eigenvalue weighted by atomic mass is 16.2. The highest BCUT2D eigenvalue weighted by Crippen LogP contribution is 2.23. The average Bonchev–Trinajstić information content (AvgIpc) is 2.61. The maximum absolute atomic E-state index is 8.75. The molecule has 1 aliphatic heterocycles. The van der Waals surface area contributed by atoms with Gasteiger partial charge in [0.05, 0.1) is 0 Å². The first-order valence-corrected chi connectivity index (χ1v) is 7.04. The molecule has 1 aromatic carbocycles. The molecule has 0 bridgehead atoms. The maximum Gasteiger partial charge on any atom is 0.0431 e. The minimum absolute atomic E-state index is 0.316. The van der Waals surface area contributed by atoms with Gasteiger partial charge in [-0.2, -0.15) is 0 Å². The van der Waals surface area contributed by atoms with Gasteiger partial charge in [0.15, 0.2) is 0 Å². The molecule has 1 unspecified atom stereocenters. The Morgan fingerprint density at radius 2 is 2.11 bits per heavy atom. The molecule has 1 atom stereocenters. The fourth-order valence-electron chi connectivity index (χ4n) is 2.56. The lowest BCUT2D eigenvalue weighted by Crippen LogP contribution is -2.24. The number of benzene rings is 1. The van der Waals surface area contributed by atoms with E-state index in [-0.39, 0.29) is 0 Å². The Morgan fingerprint density at radius 3 is 3.00 bits per heavy atom. The number of fused-ring (bicyclic) bond motifs is 1. The summed E-state index contributed by atoms with van der Waals surface area (Å²) in [5.74, 6) is 0. The predicted molar refractivity (Wildman–Crippen MR) is 74.4 cm³/mol. The molecule has 0 fully saturated rings. The third-order valence-corrected chi connectivity index (χ3v) is 3.58. The van der Waals surface area contributed by atoms with E-state index >= 15 is 0 Å². The normalized spacial score (nSPS) is 19.3. The van der Waals surface area contributed by atoms with Crippen LogP contribution in [0, 0.1) is 0 Å². The Morgan fingerprint density at radius 1 is 1.22 bits per heavy atom. The molecule has 0 saturated heterocycles. The van der Waals surface area contributed by atoms with Crippen molar-refractivity contribution in [3.05, 3.63) is 35.4 Å². The lowest BCUT2D eigenvalue weighted by Gasteiger charge is -2.19. The Labute approximate surface area is 110 Å². The lowest BCUT2D eigenvalue weighted by molar-refractivity contribution is 0.282. The van der Waals surface area contributed by atoms with E-state index in [0.29, 0.717) is 12.6 Å². The predicted octanol–water partition coefficient (Wildman–Crippen LogP) is 1.97. The van der Waals surface area contributed by atoms with Gasteiger partial charge in [-0.1, -0.05) is 24.3 Å². The lowest BCUT2D eigenvalue weighted by atomic mass is 9.99. The second-order valence-electron chi connectivity index (χ2n) is 4.96. The zero-order valence-electron chi connectivity index (χ0n) is 11.0. The molecule has 0 spiro atoms. The van der Waals surface area contributed by atoms with E-state index in [9.17, 15) is 0 Å². The van der Waals surface area contributed by atoms with Gasteiger partial charge in [0.1, 0.15) is 0 Å². The smallest absolute Gasteiger partial charge is 0.0431 e. The number of unbranched alkanes of at least 4 members (excludes halogenated alkanes) is 2. The minimum Gasteiger partial charge on any atom is -0.396 e. The monoisotopic (exact) mass is 248 g/mol. The third kappa shape index (κ3) is 3.80. The SMILES string of the molecule is OCCCCCNC1CCNCc2ccccc21. The summed E-state index contributed by atoms with van der Waals surface area (Å²) in [7, 11) is 0. The molecule has 0 aromatic heterocycles. The van der Waals surface area contributed by atoms with Gasteiger partial charge < -0.3 is 15.7 Å². The summed E-state index contributed by atoms with van der Waals surface area (Å²) in [6.07, 6.45) is 4.32. The van der Waals surface area contributed by atoms with Crippen LogP contribution in [-0.4, -0.2) is 24.8 Å². The van der Waals surface area contributed by atoms with Crippen molar-refractivity contribution in [2.75, 3.05) is 19.7 Å². The van der Waals surface area contributed by atoms with Crippen LogP contribution in [0.4, 0.5) is 0 Å². The second kappa shape index (κ2) is 7.52. The van der Waals surface area contributed by atoms with Gasteiger partial charge in [-0.3, -0.25) is 0 Å². The first kappa shape index (κ1) is 13.5. The topological polar surface area (TPSA) is 44.3 Å². The van der Waals surface area contributed by atoms with Gasteiger partial charge in [0.2, 0.25) is 0 Å². The number of rotatable bonds is 6. The molecule has 3 heteroatoms. The van der Waals surface area contributed by atoms with Gasteiger partial charge >= 0.3 is 0 Å². The Hall–Kier alpha value is -0.900. The van der Waals surface area contributed by atoms with Crippen molar-refractivity contribution in [1.29, 1.82) is 0 Å². The van der Waals surface area contributed by atoms with E-state index in [4.69, 9.17) is 5.11 Å². The summed E-state index contributed by atoms with van der Waals surface area (Å²) in [6, 6.07) is 9.18. The Balaban J connectivity index is 1.88. The van der Waals surface area contributed by atoms with E-state index < -0.39 is 0 Å². The van der Waals surface area contributed by atoms with Crippen molar-refractivity contribution in [1.82, 2.24) is 10.6 Å². The molecule has 2 rings (SSSR count). The van der Waals surface area contributed by atoms with Crippen molar-refractivity contribution in [2.24, 2.45) is 0 Å². The van der Waals surface area contributed by atoms with Crippen LogP contribution in [0.25, 0.3) is 0 Å². The third-order valence-electron chi connectivity index (χ3n) is 3.58. The summed E-state index contributed by atoms with van der Waals surface area (Å²) in [4.78, 5) is 0. The molecule has 0 saturated carbocycles. The Kier molecular flexibility index (Phi) is 5.65. The van der Waals surface area contributed by atoms with Gasteiger partial charge in [-0.05, 0) is 49.9 Å². The van der Waals surface area contributed by atoms with E-state index in [2.05, 4.69) is 34.9 Å². The maximum atomic E-state index is 8.75. The summed E-state index contributed by atoms with van der Waals surface area (Å²) >= 11 is 0. The van der Waals surface area contributed by atoms with Gasteiger partial charge in [-0.15, -0.1) is 0 Å². The number of aliphatic hydroxyl groups excluding tert-OH is 1. The van der Waals surface area contributed by atoms with E-state index in [1.54, 1.807) is 0 Å². The second-order valence-corrected chi connectivity index (χ2v) is 4.96. The van der Waals surface area contributed by atoms with Crippen molar-refractivity contribution in [2.45, 2.75) is 38.3 Å². The first-order chi connectivity index (χ1) is 8.92. The van der Waals surface area contributed by atoms with Crippen molar-refractivity contribution >= 4 is 0 Å². The van der Waals surface area contributed by atoms with Crippen molar-refractivity contribution < 1.29 is 5.11 Å². The van der Waals surface area contributed by atoms with Crippen LogP contribution in [0.1, 0.15) is 42.9 Å². The highest BCUT2D eigenvalue weighted by molar-refractivity contribution is 5.30. The molecule has 0 aliphatic carbocycles. The summed E-state index contributed by atoms with van der Waals surface area (Å²) in [5.41, 5.74) is 2.87. The fraction of sp³-hybridized carbons (Fsp3) is 0.600. The van der Waals surface area contributed by atoms with Gasteiger partial charge in [-0.25, -0.2) is 0 Å². The van der Waals surface area contributed by atoms with E-state index in [0.717, 1.165) is 45.3 Å². The summed E-state index contributed by atoms with van der Waals surface area (Å²) in [6.45, 7) is 3.41. The van der Waals surface area contributed by atoms with Crippen LogP contribution in [0.3, 0.4) is 0 Å². The molecule has 1 heterocycles. The molecule has 3 nitrogen and oxygen atoms in total. The number of hydrogen-bond acceptors (Lipinski definition) is 3. The number of hydrogen-bond donors (Lipinski definition) is 3. The van der Waals surface area contributed by atoms with E-state index in [1.165, 1.54) is 11.1 Å². The fourth-order valence-corrected chi connectivity index (χ4v) is 2.56. The van der Waals surface area contributed by atoms with Gasteiger partial charge in [0, 0.05) is 19.2 Å². The minimum atomic E-state index is 0.316. The first-order valence-electron chi connectivity index (χ1n) is 7.04. The molecular weight excluding hydrogens is 224 g/mol. The van der Waals surface area contributed by atoms with Crippen LogP contribution < -0.4 is 10.6 Å². The molecule has 0 amide bonds. The van der Waals surface area contributed by atoms with Crippen LogP contribution in [0.2, 0.25) is 0 Å². The molecule has 3 N–H and O–H groups in total. The zero-order chi connectivity index (χ0) is 12.6.